The molecule has 4 bridgehead atoms. The van der Waals surface area contributed by atoms with Gasteiger partial charge in [0.15, 0.2) is 0 Å². The van der Waals surface area contributed by atoms with Crippen LogP contribution in [-0.2, 0) is 19.6 Å². The summed E-state index contributed by atoms with van der Waals surface area (Å²) in [5, 5.41) is 2.46. The van der Waals surface area contributed by atoms with Gasteiger partial charge in [-0.25, -0.2) is 0 Å². The van der Waals surface area contributed by atoms with Gasteiger partial charge in [-0.3, -0.25) is 4.90 Å². The van der Waals surface area contributed by atoms with Gasteiger partial charge in [0.2, 0.25) is 0 Å². The minimum absolute atomic E-state index is 0.188. The Morgan fingerprint density at radius 2 is 1.69 bits per heavy atom. The van der Waals surface area contributed by atoms with Gasteiger partial charge in [-0.15, -0.1) is 0 Å². The fourth-order valence-electron chi connectivity index (χ4n) is 8.86. The lowest BCUT2D eigenvalue weighted by molar-refractivity contribution is -0.231. The van der Waals surface area contributed by atoms with Gasteiger partial charge in [0, 0.05) is 25.8 Å². The van der Waals surface area contributed by atoms with Crippen LogP contribution in [0.15, 0.2) is 60.7 Å². The van der Waals surface area contributed by atoms with Crippen molar-refractivity contribution in [2.45, 2.75) is 63.4 Å². The van der Waals surface area contributed by atoms with Crippen LogP contribution in [0.1, 0.15) is 62.6 Å². The zero-order chi connectivity index (χ0) is 28.5. The first-order valence-corrected chi connectivity index (χ1v) is 16.0. The van der Waals surface area contributed by atoms with Crippen LogP contribution in [0.2, 0.25) is 0 Å². The molecule has 6 nitrogen and oxygen atoms in total. The SMILES string of the molecule is CCOC(OC)Oc1cc2ccc(C3COCCN3CCOc3ccccc3)cc2cc1C12CC3CC(CC(C3)C1)C2. The first kappa shape index (κ1) is 28.1. The third-order valence-corrected chi connectivity index (χ3v) is 10.3. The van der Waals surface area contributed by atoms with Crippen molar-refractivity contribution in [1.82, 2.24) is 4.90 Å². The molecule has 8 rings (SSSR count). The van der Waals surface area contributed by atoms with Crippen LogP contribution in [0.4, 0.5) is 0 Å². The smallest absolute Gasteiger partial charge is 0.315 e. The Hall–Kier alpha value is -2.64. The maximum atomic E-state index is 6.49. The van der Waals surface area contributed by atoms with Crippen LogP contribution in [0, 0.1) is 17.8 Å². The Bertz CT molecular complexity index is 1320. The molecule has 2 unspecified atom stereocenters. The summed E-state index contributed by atoms with van der Waals surface area (Å²) in [6.45, 7) is 5.69. The fourth-order valence-corrected chi connectivity index (χ4v) is 8.86. The molecule has 224 valence electrons. The predicted molar refractivity (Wildman–Crippen MR) is 164 cm³/mol. The molecule has 0 N–H and O–H groups in total. The molecule has 1 heterocycles. The van der Waals surface area contributed by atoms with Gasteiger partial charge in [0.25, 0.3) is 0 Å². The fraction of sp³-hybridized carbons (Fsp3) is 0.556. The van der Waals surface area contributed by atoms with E-state index < -0.39 is 6.48 Å². The van der Waals surface area contributed by atoms with E-state index in [-0.39, 0.29) is 11.5 Å². The number of ether oxygens (including phenoxy) is 5. The first-order chi connectivity index (χ1) is 20.6. The number of methoxy groups -OCH3 is 1. The molecule has 2 atom stereocenters. The van der Waals surface area contributed by atoms with E-state index >= 15 is 0 Å². The van der Waals surface area contributed by atoms with Crippen LogP contribution >= 0.6 is 0 Å². The van der Waals surface area contributed by atoms with E-state index in [1.54, 1.807) is 7.11 Å². The number of rotatable bonds is 11. The zero-order valence-corrected chi connectivity index (χ0v) is 25.1. The molecule has 0 spiro atoms. The highest BCUT2D eigenvalue weighted by molar-refractivity contribution is 5.86. The molecular formula is C36H45NO5. The second kappa shape index (κ2) is 12.2. The molecule has 6 heteroatoms. The maximum Gasteiger partial charge on any atom is 0.315 e. The average Bonchev–Trinajstić information content (AvgIpc) is 3.00. The van der Waals surface area contributed by atoms with Gasteiger partial charge in [0.05, 0.1) is 25.9 Å². The number of fused-ring (bicyclic) bond motifs is 1. The van der Waals surface area contributed by atoms with E-state index in [1.807, 2.05) is 37.3 Å². The van der Waals surface area contributed by atoms with Gasteiger partial charge in [0.1, 0.15) is 18.1 Å². The number of para-hydroxylation sites is 1. The topological polar surface area (TPSA) is 49.4 Å². The summed E-state index contributed by atoms with van der Waals surface area (Å²) in [6.07, 6.45) is 8.07. The highest BCUT2D eigenvalue weighted by atomic mass is 16.8. The van der Waals surface area contributed by atoms with Crippen molar-refractivity contribution in [2.75, 3.05) is 46.6 Å². The quantitative estimate of drug-likeness (QED) is 0.229. The molecule has 1 aliphatic heterocycles. The minimum Gasteiger partial charge on any atom is -0.492 e. The lowest BCUT2D eigenvalue weighted by Gasteiger charge is -2.57. The number of morpholine rings is 1. The average molecular weight is 572 g/mol. The van der Waals surface area contributed by atoms with Gasteiger partial charge in [-0.2, -0.15) is 0 Å². The van der Waals surface area contributed by atoms with Gasteiger partial charge in [-0.05, 0) is 115 Å². The molecule has 4 aliphatic carbocycles. The first-order valence-electron chi connectivity index (χ1n) is 16.0. The molecule has 42 heavy (non-hydrogen) atoms. The number of nitrogens with zero attached hydrogens (tertiary/aromatic N) is 1. The Labute approximate surface area is 250 Å². The van der Waals surface area contributed by atoms with E-state index in [0.29, 0.717) is 19.8 Å². The van der Waals surface area contributed by atoms with E-state index in [9.17, 15) is 0 Å². The summed E-state index contributed by atoms with van der Waals surface area (Å²) in [6, 6.07) is 21.9. The van der Waals surface area contributed by atoms with Crippen LogP contribution in [0.25, 0.3) is 10.8 Å². The summed E-state index contributed by atoms with van der Waals surface area (Å²) >= 11 is 0. The molecule has 5 fully saturated rings. The number of benzene rings is 3. The van der Waals surface area contributed by atoms with E-state index in [2.05, 4.69) is 35.2 Å². The van der Waals surface area contributed by atoms with Crippen molar-refractivity contribution in [1.29, 1.82) is 0 Å². The van der Waals surface area contributed by atoms with Gasteiger partial charge in [-0.1, -0.05) is 30.3 Å². The van der Waals surface area contributed by atoms with Crippen LogP contribution in [0.5, 0.6) is 11.5 Å². The normalized spacial score (nSPS) is 29.6. The summed E-state index contributed by atoms with van der Waals surface area (Å²) < 4.78 is 29.9. The molecule has 0 amide bonds. The Balaban J connectivity index is 1.20. The molecular weight excluding hydrogens is 526 g/mol. The van der Waals surface area contributed by atoms with Gasteiger partial charge >= 0.3 is 6.48 Å². The molecule has 0 radical (unpaired) electrons. The molecule has 4 saturated carbocycles. The van der Waals surface area contributed by atoms with Crippen molar-refractivity contribution in [3.05, 3.63) is 71.8 Å². The molecule has 0 aromatic heterocycles. The number of hydrogen-bond acceptors (Lipinski definition) is 6. The monoisotopic (exact) mass is 571 g/mol. The third-order valence-electron chi connectivity index (χ3n) is 10.3. The van der Waals surface area contributed by atoms with Crippen molar-refractivity contribution in [3.8, 4) is 11.5 Å². The highest BCUT2D eigenvalue weighted by Crippen LogP contribution is 2.62. The van der Waals surface area contributed by atoms with E-state index in [1.165, 1.54) is 60.4 Å². The van der Waals surface area contributed by atoms with Crippen molar-refractivity contribution < 1.29 is 23.7 Å². The van der Waals surface area contributed by atoms with Crippen molar-refractivity contribution in [3.63, 3.8) is 0 Å². The summed E-state index contributed by atoms with van der Waals surface area (Å²) in [4.78, 5) is 2.51. The summed E-state index contributed by atoms with van der Waals surface area (Å²) in [7, 11) is 1.65. The van der Waals surface area contributed by atoms with Crippen LogP contribution < -0.4 is 9.47 Å². The van der Waals surface area contributed by atoms with Crippen molar-refractivity contribution >= 4 is 10.8 Å². The molecule has 3 aromatic carbocycles. The molecule has 1 saturated heterocycles. The van der Waals surface area contributed by atoms with Crippen LogP contribution in [0.3, 0.4) is 0 Å². The Morgan fingerprint density at radius 3 is 2.40 bits per heavy atom. The summed E-state index contributed by atoms with van der Waals surface area (Å²) in [5.74, 6) is 4.40. The van der Waals surface area contributed by atoms with E-state index in [0.717, 1.165) is 48.9 Å². The Kier molecular flexibility index (Phi) is 8.15. The largest absolute Gasteiger partial charge is 0.492 e. The lowest BCUT2D eigenvalue weighted by Crippen LogP contribution is -2.48. The van der Waals surface area contributed by atoms with E-state index in [4.69, 9.17) is 23.7 Å². The number of hydrogen-bond donors (Lipinski definition) is 0. The maximum absolute atomic E-state index is 6.49. The van der Waals surface area contributed by atoms with Crippen LogP contribution in [-0.4, -0.2) is 58.0 Å². The predicted octanol–water partition coefficient (Wildman–Crippen LogP) is 7.11. The molecule has 3 aromatic rings. The Morgan fingerprint density at radius 1 is 0.929 bits per heavy atom. The van der Waals surface area contributed by atoms with Crippen molar-refractivity contribution in [2.24, 2.45) is 17.8 Å². The second-order valence-corrected chi connectivity index (χ2v) is 13.0. The second-order valence-electron chi connectivity index (χ2n) is 13.0. The third kappa shape index (κ3) is 5.67. The molecule has 5 aliphatic rings. The minimum atomic E-state index is -0.703. The summed E-state index contributed by atoms with van der Waals surface area (Å²) in [5.41, 5.74) is 2.85. The van der Waals surface area contributed by atoms with Gasteiger partial charge < -0.3 is 23.7 Å². The zero-order valence-electron chi connectivity index (χ0n) is 25.1. The highest BCUT2D eigenvalue weighted by Gasteiger charge is 2.52. The lowest BCUT2D eigenvalue weighted by atomic mass is 9.48. The standard InChI is InChI=1S/C36H45NO5/c1-3-40-35(38-2)42-34-20-28-9-10-29(33-24-39-13-11-37(33)12-14-41-31-7-5-4-6-8-31)18-30(28)19-32(34)36-21-25-15-26(22-36)17-27(16-25)23-36/h4-10,18-20,25-27,33,35H,3,11-17,21-24H2,1-2H3.